The lowest BCUT2D eigenvalue weighted by molar-refractivity contribution is 0.585. The standard InChI is InChI=1S/C36H25N5O/c1-3-9-28(10-4-1)32-13-7-8-14-33(32)36-39-38-35(42-36)30-21-17-26(18-22-30)15-16-27-19-23-31(24-20-27)41-37-25-34(40-41)29-11-5-2-6-12-29/h1-25H. The molecule has 0 bridgehead atoms. The topological polar surface area (TPSA) is 69.6 Å². The van der Waals surface area contributed by atoms with Crippen molar-refractivity contribution in [2.75, 3.05) is 0 Å². The van der Waals surface area contributed by atoms with Gasteiger partial charge in [0.2, 0.25) is 11.8 Å². The second-order valence-electron chi connectivity index (χ2n) is 9.76. The van der Waals surface area contributed by atoms with E-state index in [1.165, 1.54) is 0 Å². The molecule has 0 saturated heterocycles. The zero-order chi connectivity index (χ0) is 28.1. The van der Waals surface area contributed by atoms with E-state index >= 15 is 0 Å². The van der Waals surface area contributed by atoms with Crippen LogP contribution >= 0.6 is 0 Å². The lowest BCUT2D eigenvalue weighted by Crippen LogP contribution is -1.98. The van der Waals surface area contributed by atoms with Gasteiger partial charge < -0.3 is 4.42 Å². The molecule has 0 aliphatic carbocycles. The van der Waals surface area contributed by atoms with Crippen LogP contribution in [0.5, 0.6) is 0 Å². The Morgan fingerprint density at radius 1 is 0.500 bits per heavy atom. The smallest absolute Gasteiger partial charge is 0.248 e. The molecule has 0 N–H and O–H groups in total. The predicted molar refractivity (Wildman–Crippen MR) is 166 cm³/mol. The quantitative estimate of drug-likeness (QED) is 0.189. The first-order valence-electron chi connectivity index (χ1n) is 13.7. The number of benzene rings is 5. The number of nitrogens with zero attached hydrogens (tertiary/aromatic N) is 5. The molecule has 0 atom stereocenters. The first-order chi connectivity index (χ1) is 20.8. The molecule has 2 aromatic heterocycles. The van der Waals surface area contributed by atoms with Crippen LogP contribution in [0.1, 0.15) is 11.1 Å². The molecule has 42 heavy (non-hydrogen) atoms. The van der Waals surface area contributed by atoms with E-state index in [0.29, 0.717) is 11.8 Å². The summed E-state index contributed by atoms with van der Waals surface area (Å²) in [5.41, 5.74) is 8.88. The van der Waals surface area contributed by atoms with Crippen molar-refractivity contribution in [1.29, 1.82) is 0 Å². The van der Waals surface area contributed by atoms with Crippen molar-refractivity contribution in [3.63, 3.8) is 0 Å². The Kier molecular flexibility index (Phi) is 6.76. The van der Waals surface area contributed by atoms with E-state index < -0.39 is 0 Å². The minimum atomic E-state index is 0.488. The summed E-state index contributed by atoms with van der Waals surface area (Å²) >= 11 is 0. The number of rotatable bonds is 7. The monoisotopic (exact) mass is 543 g/mol. The maximum atomic E-state index is 6.11. The predicted octanol–water partition coefficient (Wildman–Crippen LogP) is 8.49. The van der Waals surface area contributed by atoms with Crippen LogP contribution in [0.4, 0.5) is 0 Å². The largest absolute Gasteiger partial charge is 0.416 e. The Bertz CT molecular complexity index is 1960. The van der Waals surface area contributed by atoms with Crippen LogP contribution in [-0.2, 0) is 0 Å². The lowest BCUT2D eigenvalue weighted by Gasteiger charge is -2.06. The molecule has 6 heteroatoms. The van der Waals surface area contributed by atoms with Gasteiger partial charge in [0, 0.05) is 16.7 Å². The Morgan fingerprint density at radius 3 is 1.76 bits per heavy atom. The Balaban J connectivity index is 1.04. The summed E-state index contributed by atoms with van der Waals surface area (Å²) in [6, 6.07) is 44.5. The fourth-order valence-electron chi connectivity index (χ4n) is 4.76. The second kappa shape index (κ2) is 11.3. The number of aromatic nitrogens is 5. The van der Waals surface area contributed by atoms with Gasteiger partial charge in [-0.25, -0.2) is 0 Å². The molecule has 0 radical (unpaired) electrons. The van der Waals surface area contributed by atoms with Crippen LogP contribution in [0.2, 0.25) is 0 Å². The van der Waals surface area contributed by atoms with Crippen molar-refractivity contribution in [2.45, 2.75) is 0 Å². The highest BCUT2D eigenvalue weighted by molar-refractivity contribution is 5.80. The highest BCUT2D eigenvalue weighted by atomic mass is 16.4. The average Bonchev–Trinajstić information content (AvgIpc) is 3.77. The third-order valence-corrected chi connectivity index (χ3v) is 6.98. The van der Waals surface area contributed by atoms with E-state index in [0.717, 1.165) is 50.3 Å². The maximum Gasteiger partial charge on any atom is 0.248 e. The number of hydrogen-bond donors (Lipinski definition) is 0. The van der Waals surface area contributed by atoms with E-state index in [1.807, 2.05) is 103 Å². The molecule has 2 heterocycles. The Hall–Kier alpha value is -5.88. The van der Waals surface area contributed by atoms with E-state index in [2.05, 4.69) is 62.9 Å². The van der Waals surface area contributed by atoms with Gasteiger partial charge in [0.25, 0.3) is 0 Å². The lowest BCUT2D eigenvalue weighted by atomic mass is 10.00. The molecule has 0 saturated carbocycles. The van der Waals surface area contributed by atoms with Gasteiger partial charge >= 0.3 is 0 Å². The molecule has 7 aromatic rings. The molecule has 0 spiro atoms. The van der Waals surface area contributed by atoms with E-state index in [-0.39, 0.29) is 0 Å². The highest BCUT2D eigenvalue weighted by Gasteiger charge is 2.14. The molecule has 0 aliphatic rings. The summed E-state index contributed by atoms with van der Waals surface area (Å²) in [5.74, 6) is 0.986. The third-order valence-electron chi connectivity index (χ3n) is 6.98. The van der Waals surface area contributed by atoms with Crippen LogP contribution in [0.15, 0.2) is 144 Å². The molecule has 0 amide bonds. The van der Waals surface area contributed by atoms with Crippen molar-refractivity contribution in [2.24, 2.45) is 0 Å². The van der Waals surface area contributed by atoms with Gasteiger partial charge in [0.15, 0.2) is 0 Å². The van der Waals surface area contributed by atoms with Gasteiger partial charge in [-0.05, 0) is 52.6 Å². The minimum Gasteiger partial charge on any atom is -0.416 e. The van der Waals surface area contributed by atoms with Crippen LogP contribution < -0.4 is 0 Å². The molecule has 0 unspecified atom stereocenters. The molecule has 7 rings (SSSR count). The second-order valence-corrected chi connectivity index (χ2v) is 9.76. The Morgan fingerprint density at radius 2 is 1.07 bits per heavy atom. The molecule has 0 aliphatic heterocycles. The van der Waals surface area contributed by atoms with Crippen LogP contribution in [0, 0.1) is 0 Å². The molecule has 5 aromatic carbocycles. The van der Waals surface area contributed by atoms with Crippen LogP contribution in [0.3, 0.4) is 0 Å². The van der Waals surface area contributed by atoms with Crippen molar-refractivity contribution >= 4 is 12.2 Å². The summed E-state index contributed by atoms with van der Waals surface area (Å²) in [5, 5.41) is 17.7. The van der Waals surface area contributed by atoms with E-state index in [9.17, 15) is 0 Å². The summed E-state index contributed by atoms with van der Waals surface area (Å²) in [6.07, 6.45) is 5.94. The summed E-state index contributed by atoms with van der Waals surface area (Å²) in [4.78, 5) is 1.65. The summed E-state index contributed by atoms with van der Waals surface area (Å²) < 4.78 is 6.11. The van der Waals surface area contributed by atoms with Gasteiger partial charge in [-0.3, -0.25) is 0 Å². The SMILES string of the molecule is C(=Cc1ccc(-n2ncc(-c3ccccc3)n2)cc1)c1ccc(-c2nnc(-c3ccccc3-c3ccccc3)o2)cc1. The van der Waals surface area contributed by atoms with Crippen molar-refractivity contribution in [3.05, 3.63) is 151 Å². The third kappa shape index (κ3) is 5.29. The van der Waals surface area contributed by atoms with E-state index in [4.69, 9.17) is 4.42 Å². The zero-order valence-corrected chi connectivity index (χ0v) is 22.6. The molecular formula is C36H25N5O. The van der Waals surface area contributed by atoms with Crippen molar-refractivity contribution < 1.29 is 4.42 Å². The normalized spacial score (nSPS) is 11.2. The zero-order valence-electron chi connectivity index (χ0n) is 22.6. The average molecular weight is 544 g/mol. The summed E-state index contributed by atoms with van der Waals surface area (Å²) in [7, 11) is 0. The molecular weight excluding hydrogens is 518 g/mol. The minimum absolute atomic E-state index is 0.488. The van der Waals surface area contributed by atoms with Crippen LogP contribution in [-0.4, -0.2) is 25.2 Å². The first-order valence-corrected chi connectivity index (χ1v) is 13.7. The van der Waals surface area contributed by atoms with Gasteiger partial charge in [0.1, 0.15) is 5.69 Å². The highest BCUT2D eigenvalue weighted by Crippen LogP contribution is 2.32. The molecule has 200 valence electrons. The van der Waals surface area contributed by atoms with Gasteiger partial charge in [-0.1, -0.05) is 115 Å². The fourth-order valence-corrected chi connectivity index (χ4v) is 4.76. The van der Waals surface area contributed by atoms with Crippen molar-refractivity contribution in [3.8, 4) is 51.0 Å². The maximum absolute atomic E-state index is 6.11. The first kappa shape index (κ1) is 25.1. The van der Waals surface area contributed by atoms with Gasteiger partial charge in [-0.2, -0.15) is 9.90 Å². The fraction of sp³-hybridized carbons (Fsp3) is 0. The van der Waals surface area contributed by atoms with E-state index in [1.54, 1.807) is 11.0 Å². The van der Waals surface area contributed by atoms with Crippen LogP contribution in [0.25, 0.3) is 63.1 Å². The molecule has 0 fully saturated rings. The number of hydrogen-bond acceptors (Lipinski definition) is 5. The summed E-state index contributed by atoms with van der Waals surface area (Å²) in [6.45, 7) is 0. The van der Waals surface area contributed by atoms with Gasteiger partial charge in [-0.15, -0.1) is 15.3 Å². The molecule has 6 nitrogen and oxygen atoms in total. The van der Waals surface area contributed by atoms with Crippen molar-refractivity contribution in [1.82, 2.24) is 25.2 Å². The van der Waals surface area contributed by atoms with Gasteiger partial charge in [0.05, 0.1) is 11.9 Å². The Labute approximate surface area is 243 Å².